The van der Waals surface area contributed by atoms with Gasteiger partial charge >= 0.3 is 0 Å². The number of hydrogen-bond donors (Lipinski definition) is 2. The number of nitrogens with two attached hydrogens (primary N) is 1. The van der Waals surface area contributed by atoms with Gasteiger partial charge in [0.05, 0.1) is 7.11 Å². The van der Waals surface area contributed by atoms with Crippen LogP contribution in [0.3, 0.4) is 0 Å². The highest BCUT2D eigenvalue weighted by atomic mass is 19.1. The van der Waals surface area contributed by atoms with E-state index in [0.29, 0.717) is 18.0 Å². The molecule has 0 heterocycles. The van der Waals surface area contributed by atoms with Crippen LogP contribution >= 0.6 is 0 Å². The van der Waals surface area contributed by atoms with Crippen molar-refractivity contribution in [2.75, 3.05) is 13.7 Å². The molecule has 0 aliphatic heterocycles. The molecule has 0 radical (unpaired) electrons. The number of ether oxygens (including phenoxy) is 1. The Morgan fingerprint density at radius 1 is 1.58 bits per heavy atom. The summed E-state index contributed by atoms with van der Waals surface area (Å²) in [7, 11) is 1.40. The standard InChI is InChI=1S/C14H19FN2O2/c1-14(13(16)18,17-8-9-3-4-9)10-5-6-12(19-2)11(15)7-10/h5-7,9,17H,3-4,8H2,1-2H3,(H2,16,18). The average Bonchev–Trinajstić information content (AvgIpc) is 3.19. The minimum atomic E-state index is -1.06. The molecule has 1 aliphatic rings. The molecule has 1 saturated carbocycles. The van der Waals surface area contributed by atoms with E-state index in [9.17, 15) is 9.18 Å². The van der Waals surface area contributed by atoms with E-state index in [1.165, 1.54) is 32.1 Å². The first kappa shape index (κ1) is 13.8. The van der Waals surface area contributed by atoms with Gasteiger partial charge in [-0.3, -0.25) is 10.1 Å². The molecule has 0 aromatic heterocycles. The first-order valence-corrected chi connectivity index (χ1v) is 6.36. The number of benzene rings is 1. The molecule has 1 aliphatic carbocycles. The highest BCUT2D eigenvalue weighted by Gasteiger charge is 2.35. The van der Waals surface area contributed by atoms with Gasteiger partial charge < -0.3 is 10.5 Å². The van der Waals surface area contributed by atoms with E-state index in [1.54, 1.807) is 13.0 Å². The van der Waals surface area contributed by atoms with Crippen molar-refractivity contribution in [3.8, 4) is 5.75 Å². The van der Waals surface area contributed by atoms with E-state index in [1.807, 2.05) is 0 Å². The smallest absolute Gasteiger partial charge is 0.242 e. The minimum absolute atomic E-state index is 0.151. The Labute approximate surface area is 112 Å². The second-order valence-electron chi connectivity index (χ2n) is 5.16. The Morgan fingerprint density at radius 3 is 2.74 bits per heavy atom. The van der Waals surface area contributed by atoms with Crippen LogP contribution < -0.4 is 15.8 Å². The van der Waals surface area contributed by atoms with Gasteiger partial charge in [-0.05, 0) is 49.9 Å². The van der Waals surface area contributed by atoms with Crippen LogP contribution in [0.15, 0.2) is 18.2 Å². The molecule has 0 saturated heterocycles. The van der Waals surface area contributed by atoms with Gasteiger partial charge in [0.2, 0.25) is 5.91 Å². The van der Waals surface area contributed by atoms with Crippen molar-refractivity contribution in [1.29, 1.82) is 0 Å². The van der Waals surface area contributed by atoms with E-state index in [4.69, 9.17) is 10.5 Å². The van der Waals surface area contributed by atoms with Crippen LogP contribution in [0, 0.1) is 11.7 Å². The van der Waals surface area contributed by atoms with Crippen LogP contribution in [0.4, 0.5) is 4.39 Å². The molecule has 0 spiro atoms. The normalized spacial score (nSPS) is 17.8. The lowest BCUT2D eigenvalue weighted by atomic mass is 9.90. The lowest BCUT2D eigenvalue weighted by Crippen LogP contribution is -2.51. The van der Waals surface area contributed by atoms with Gasteiger partial charge in [0.25, 0.3) is 0 Å². The lowest BCUT2D eigenvalue weighted by Gasteiger charge is -2.28. The summed E-state index contributed by atoms with van der Waals surface area (Å²) in [6, 6.07) is 4.46. The van der Waals surface area contributed by atoms with Crippen molar-refractivity contribution >= 4 is 5.91 Å². The number of carbonyl (C=O) groups excluding carboxylic acids is 1. The van der Waals surface area contributed by atoms with Crippen molar-refractivity contribution in [3.63, 3.8) is 0 Å². The third-order valence-corrected chi connectivity index (χ3v) is 3.66. The summed E-state index contributed by atoms with van der Waals surface area (Å²) in [4.78, 5) is 11.7. The maximum absolute atomic E-state index is 13.8. The van der Waals surface area contributed by atoms with Gasteiger partial charge in [-0.25, -0.2) is 4.39 Å². The molecule has 4 nitrogen and oxygen atoms in total. The molecular formula is C14H19FN2O2. The van der Waals surface area contributed by atoms with Crippen molar-refractivity contribution in [2.45, 2.75) is 25.3 Å². The molecule has 1 atom stereocenters. The second-order valence-corrected chi connectivity index (χ2v) is 5.16. The van der Waals surface area contributed by atoms with Gasteiger partial charge in [-0.15, -0.1) is 0 Å². The van der Waals surface area contributed by atoms with E-state index >= 15 is 0 Å². The summed E-state index contributed by atoms with van der Waals surface area (Å²) in [6.07, 6.45) is 2.33. The monoisotopic (exact) mass is 266 g/mol. The van der Waals surface area contributed by atoms with Gasteiger partial charge in [0.1, 0.15) is 5.54 Å². The largest absolute Gasteiger partial charge is 0.494 e. The molecule has 0 bridgehead atoms. The third-order valence-electron chi connectivity index (χ3n) is 3.66. The summed E-state index contributed by atoms with van der Waals surface area (Å²) in [5.41, 5.74) is 4.93. The zero-order valence-electron chi connectivity index (χ0n) is 11.2. The third kappa shape index (κ3) is 2.87. The quantitative estimate of drug-likeness (QED) is 0.820. The Bertz CT molecular complexity index is 488. The Morgan fingerprint density at radius 2 is 2.26 bits per heavy atom. The summed E-state index contributed by atoms with van der Waals surface area (Å²) < 4.78 is 18.6. The number of methoxy groups -OCH3 is 1. The fraction of sp³-hybridized carbons (Fsp3) is 0.500. The molecule has 1 aromatic carbocycles. The predicted molar refractivity (Wildman–Crippen MR) is 70.2 cm³/mol. The number of carbonyl (C=O) groups is 1. The Balaban J connectivity index is 2.26. The fourth-order valence-corrected chi connectivity index (χ4v) is 1.98. The topological polar surface area (TPSA) is 64.3 Å². The van der Waals surface area contributed by atoms with Crippen LogP contribution in [0.2, 0.25) is 0 Å². The van der Waals surface area contributed by atoms with E-state index < -0.39 is 17.3 Å². The summed E-state index contributed by atoms with van der Waals surface area (Å²) in [6.45, 7) is 2.39. The maximum atomic E-state index is 13.8. The first-order valence-electron chi connectivity index (χ1n) is 6.36. The molecule has 1 unspecified atom stereocenters. The van der Waals surface area contributed by atoms with E-state index in [-0.39, 0.29) is 5.75 Å². The molecule has 104 valence electrons. The average molecular weight is 266 g/mol. The molecule has 1 fully saturated rings. The Hall–Kier alpha value is -1.62. The lowest BCUT2D eigenvalue weighted by molar-refractivity contribution is -0.124. The van der Waals surface area contributed by atoms with Gasteiger partial charge in [-0.1, -0.05) is 6.07 Å². The SMILES string of the molecule is COc1ccc(C(C)(NCC2CC2)C(N)=O)cc1F. The molecule has 1 aromatic rings. The summed E-state index contributed by atoms with van der Waals surface area (Å²) >= 11 is 0. The summed E-state index contributed by atoms with van der Waals surface area (Å²) in [5.74, 6) is -0.266. The van der Waals surface area contributed by atoms with Gasteiger partial charge in [0, 0.05) is 0 Å². The maximum Gasteiger partial charge on any atom is 0.242 e. The number of hydrogen-bond acceptors (Lipinski definition) is 3. The summed E-state index contributed by atoms with van der Waals surface area (Å²) in [5, 5.41) is 3.16. The number of halogens is 1. The minimum Gasteiger partial charge on any atom is -0.494 e. The molecule has 2 rings (SSSR count). The van der Waals surface area contributed by atoms with Crippen molar-refractivity contribution in [3.05, 3.63) is 29.6 Å². The molecule has 1 amide bonds. The Kier molecular flexibility index (Phi) is 3.75. The fourth-order valence-electron chi connectivity index (χ4n) is 1.98. The van der Waals surface area contributed by atoms with Crippen molar-refractivity contribution < 1.29 is 13.9 Å². The highest BCUT2D eigenvalue weighted by molar-refractivity contribution is 5.85. The predicted octanol–water partition coefficient (Wildman–Crippen LogP) is 1.53. The van der Waals surface area contributed by atoms with Crippen LogP contribution in [0.25, 0.3) is 0 Å². The van der Waals surface area contributed by atoms with Gasteiger partial charge in [0.15, 0.2) is 11.6 Å². The first-order chi connectivity index (χ1) is 8.97. The van der Waals surface area contributed by atoms with Crippen LogP contribution in [0.1, 0.15) is 25.3 Å². The van der Waals surface area contributed by atoms with E-state index in [0.717, 1.165) is 0 Å². The second kappa shape index (κ2) is 5.17. The zero-order chi connectivity index (χ0) is 14.0. The molecular weight excluding hydrogens is 247 g/mol. The molecule has 5 heteroatoms. The number of primary amides is 1. The van der Waals surface area contributed by atoms with Gasteiger partial charge in [-0.2, -0.15) is 0 Å². The number of nitrogens with one attached hydrogen (secondary N) is 1. The molecule has 19 heavy (non-hydrogen) atoms. The van der Waals surface area contributed by atoms with Crippen LogP contribution in [0.5, 0.6) is 5.75 Å². The van der Waals surface area contributed by atoms with Crippen molar-refractivity contribution in [2.24, 2.45) is 11.7 Å². The number of amides is 1. The molecule has 3 N–H and O–H groups in total. The highest BCUT2D eigenvalue weighted by Crippen LogP contribution is 2.31. The van der Waals surface area contributed by atoms with Crippen molar-refractivity contribution in [1.82, 2.24) is 5.32 Å². The van der Waals surface area contributed by atoms with Crippen LogP contribution in [-0.4, -0.2) is 19.6 Å². The van der Waals surface area contributed by atoms with E-state index in [2.05, 4.69) is 5.32 Å². The zero-order valence-corrected chi connectivity index (χ0v) is 11.2. The number of rotatable bonds is 6. The van der Waals surface area contributed by atoms with Crippen LogP contribution in [-0.2, 0) is 10.3 Å².